The molecule has 0 fully saturated rings. The lowest BCUT2D eigenvalue weighted by Gasteiger charge is -2.30. The third-order valence-electron chi connectivity index (χ3n) is 7.19. The highest BCUT2D eigenvalue weighted by atomic mass is 35.5. The Morgan fingerprint density at radius 2 is 1.87 bits per heavy atom. The summed E-state index contributed by atoms with van der Waals surface area (Å²) in [6, 6.07) is 14.5. The molecule has 0 aliphatic carbocycles. The van der Waals surface area contributed by atoms with Crippen molar-refractivity contribution in [1.29, 1.82) is 0 Å². The number of hydrogen-bond donors (Lipinski definition) is 3. The van der Waals surface area contributed by atoms with E-state index >= 15 is 0 Å². The molecule has 46 heavy (non-hydrogen) atoms. The van der Waals surface area contributed by atoms with Crippen LogP contribution in [0.2, 0.25) is 10.0 Å². The van der Waals surface area contributed by atoms with Crippen LogP contribution in [0.4, 0.5) is 4.39 Å². The van der Waals surface area contributed by atoms with Crippen LogP contribution in [0.1, 0.15) is 40.0 Å². The summed E-state index contributed by atoms with van der Waals surface area (Å²) < 4.78 is 31.5. The predicted octanol–water partition coefficient (Wildman–Crippen LogP) is 5.75. The minimum Gasteiger partial charge on any atom is -0.494 e. The number of fused-ring (bicyclic) bond motifs is 1. The molecule has 0 spiro atoms. The molecule has 5 rings (SSSR count). The maximum absolute atomic E-state index is 14.6. The summed E-state index contributed by atoms with van der Waals surface area (Å²) in [4.78, 5) is 34.7. The van der Waals surface area contributed by atoms with Crippen molar-refractivity contribution in [2.24, 2.45) is 5.73 Å². The maximum atomic E-state index is 14.6. The lowest BCUT2D eigenvalue weighted by molar-refractivity contribution is -0.117. The molecule has 0 aliphatic rings. The number of nitrogens with one attached hydrogen (secondary N) is 1. The molecule has 5 aromatic rings. The van der Waals surface area contributed by atoms with E-state index < -0.39 is 29.8 Å². The number of aliphatic hydroxyl groups is 1. The zero-order valence-corrected chi connectivity index (χ0v) is 26.5. The van der Waals surface area contributed by atoms with E-state index in [9.17, 15) is 19.1 Å². The molecule has 3 aromatic carbocycles. The number of benzene rings is 3. The van der Waals surface area contributed by atoms with E-state index in [1.807, 2.05) is 0 Å². The number of pyridine rings is 1. The number of nitrogens with two attached hydrogens (primary N) is 1. The van der Waals surface area contributed by atoms with Crippen LogP contribution in [-0.4, -0.2) is 47.2 Å². The van der Waals surface area contributed by atoms with Gasteiger partial charge in [0.1, 0.15) is 28.6 Å². The number of carbonyl (C=O) groups excluding carboxylic acids is 2. The molecular formula is C33H29Cl2FN4O6. The molecule has 1 atom stereocenters. The second-order valence-corrected chi connectivity index (χ2v) is 11.1. The Morgan fingerprint density at radius 1 is 1.11 bits per heavy atom. The van der Waals surface area contributed by atoms with Crippen molar-refractivity contribution in [2.45, 2.75) is 25.9 Å². The fraction of sp³-hybridized carbons (Fsp3) is 0.212. The second-order valence-electron chi connectivity index (χ2n) is 10.3. The molecule has 13 heteroatoms. The SMILES string of the molecule is CCOc1c(CC(N)=O)cc([C@@](O)(CNC(=O)c2cc(OC)c3nc(C)oc3c2)c2cccc(F)c2)nc1-c1cccc(Cl)c1Cl. The highest BCUT2D eigenvalue weighted by molar-refractivity contribution is 6.43. The van der Waals surface area contributed by atoms with Crippen LogP contribution >= 0.6 is 23.2 Å². The Morgan fingerprint density at radius 3 is 2.57 bits per heavy atom. The zero-order chi connectivity index (χ0) is 33.2. The number of hydrogen-bond acceptors (Lipinski definition) is 8. The van der Waals surface area contributed by atoms with Crippen LogP contribution in [0.5, 0.6) is 11.5 Å². The smallest absolute Gasteiger partial charge is 0.251 e. The molecule has 0 unspecified atom stereocenters. The van der Waals surface area contributed by atoms with Gasteiger partial charge in [-0.05, 0) is 48.9 Å². The Hall–Kier alpha value is -4.71. The van der Waals surface area contributed by atoms with Crippen molar-refractivity contribution in [1.82, 2.24) is 15.3 Å². The summed E-state index contributed by atoms with van der Waals surface area (Å²) in [6.07, 6.45) is -0.294. The molecule has 0 saturated heterocycles. The largest absolute Gasteiger partial charge is 0.494 e. The topological polar surface area (TPSA) is 150 Å². The van der Waals surface area contributed by atoms with E-state index in [-0.39, 0.29) is 56.9 Å². The first-order valence-corrected chi connectivity index (χ1v) is 14.8. The van der Waals surface area contributed by atoms with Gasteiger partial charge in [0, 0.05) is 23.6 Å². The number of rotatable bonds is 11. The minimum absolute atomic E-state index is 0.0527. The monoisotopic (exact) mass is 666 g/mol. The van der Waals surface area contributed by atoms with Gasteiger partial charge in [0.15, 0.2) is 17.0 Å². The molecule has 2 amide bonds. The van der Waals surface area contributed by atoms with Gasteiger partial charge in [0.05, 0.1) is 42.4 Å². The Labute approximate surface area is 273 Å². The summed E-state index contributed by atoms with van der Waals surface area (Å²) in [5, 5.41) is 15.5. The van der Waals surface area contributed by atoms with E-state index in [2.05, 4.69) is 10.3 Å². The quantitative estimate of drug-likeness (QED) is 0.161. The first-order chi connectivity index (χ1) is 21.9. The Balaban J connectivity index is 1.67. The molecule has 0 aliphatic heterocycles. The second kappa shape index (κ2) is 13.3. The summed E-state index contributed by atoms with van der Waals surface area (Å²) in [5.74, 6) is -1.04. The molecule has 0 saturated carbocycles. The van der Waals surface area contributed by atoms with E-state index in [1.165, 1.54) is 43.5 Å². The Bertz CT molecular complexity index is 1970. The van der Waals surface area contributed by atoms with Gasteiger partial charge in [0.2, 0.25) is 5.91 Å². The normalized spacial score (nSPS) is 12.5. The van der Waals surface area contributed by atoms with Crippen LogP contribution in [0.3, 0.4) is 0 Å². The molecular weight excluding hydrogens is 638 g/mol. The number of halogens is 3. The van der Waals surface area contributed by atoms with E-state index in [0.29, 0.717) is 28.3 Å². The lowest BCUT2D eigenvalue weighted by Crippen LogP contribution is -2.42. The van der Waals surface area contributed by atoms with Crippen LogP contribution in [0.25, 0.3) is 22.4 Å². The van der Waals surface area contributed by atoms with E-state index in [4.69, 9.17) is 47.8 Å². The number of methoxy groups -OCH3 is 1. The van der Waals surface area contributed by atoms with Gasteiger partial charge in [-0.15, -0.1) is 0 Å². The third kappa shape index (κ3) is 6.48. The molecule has 238 valence electrons. The van der Waals surface area contributed by atoms with Gasteiger partial charge in [-0.25, -0.2) is 14.4 Å². The number of aryl methyl sites for hydroxylation is 1. The minimum atomic E-state index is -2.15. The van der Waals surface area contributed by atoms with Crippen molar-refractivity contribution in [3.05, 3.63) is 105 Å². The van der Waals surface area contributed by atoms with Crippen molar-refractivity contribution < 1.29 is 33.0 Å². The summed E-state index contributed by atoms with van der Waals surface area (Å²) in [6.45, 7) is 3.13. The molecule has 2 aromatic heterocycles. The third-order valence-corrected chi connectivity index (χ3v) is 8.01. The number of oxazole rings is 1. The van der Waals surface area contributed by atoms with Crippen molar-refractivity contribution in [3.8, 4) is 22.8 Å². The summed E-state index contributed by atoms with van der Waals surface area (Å²) >= 11 is 12.9. The van der Waals surface area contributed by atoms with Crippen molar-refractivity contribution >= 4 is 46.1 Å². The van der Waals surface area contributed by atoms with E-state index in [0.717, 1.165) is 6.07 Å². The lowest BCUT2D eigenvalue weighted by atomic mass is 9.87. The number of aromatic nitrogens is 2. The summed E-state index contributed by atoms with van der Waals surface area (Å²) in [5.41, 5.74) is 5.17. The fourth-order valence-electron chi connectivity index (χ4n) is 5.08. The molecule has 0 radical (unpaired) electrons. The summed E-state index contributed by atoms with van der Waals surface area (Å²) in [7, 11) is 1.44. The highest BCUT2D eigenvalue weighted by Gasteiger charge is 2.37. The number of carbonyl (C=O) groups is 2. The molecule has 0 bridgehead atoms. The van der Waals surface area contributed by atoms with Crippen LogP contribution in [0, 0.1) is 12.7 Å². The molecule has 2 heterocycles. The average molecular weight is 668 g/mol. The average Bonchev–Trinajstić information content (AvgIpc) is 3.41. The number of amides is 2. The van der Waals surface area contributed by atoms with Crippen LogP contribution < -0.4 is 20.5 Å². The molecule has 10 nitrogen and oxygen atoms in total. The van der Waals surface area contributed by atoms with Gasteiger partial charge in [-0.3, -0.25) is 9.59 Å². The highest BCUT2D eigenvalue weighted by Crippen LogP contribution is 2.42. The van der Waals surface area contributed by atoms with Crippen LogP contribution in [0.15, 0.2) is 65.1 Å². The van der Waals surface area contributed by atoms with Gasteiger partial charge in [-0.2, -0.15) is 0 Å². The predicted molar refractivity (Wildman–Crippen MR) is 171 cm³/mol. The van der Waals surface area contributed by atoms with Gasteiger partial charge < -0.3 is 30.0 Å². The zero-order valence-electron chi connectivity index (χ0n) is 25.0. The first-order valence-electron chi connectivity index (χ1n) is 14.1. The first kappa shape index (κ1) is 32.7. The maximum Gasteiger partial charge on any atom is 0.251 e. The van der Waals surface area contributed by atoms with Gasteiger partial charge in [0.25, 0.3) is 5.91 Å². The van der Waals surface area contributed by atoms with E-state index in [1.54, 1.807) is 32.0 Å². The molecule has 4 N–H and O–H groups in total. The number of ether oxygens (including phenoxy) is 2. The van der Waals surface area contributed by atoms with Crippen molar-refractivity contribution in [3.63, 3.8) is 0 Å². The standard InChI is InChI=1S/C33H29Cl2FN4O6/c1-4-45-31-18(14-27(37)41)13-26(40-29(31)22-9-6-10-23(34)28(22)35)33(43,20-7-5-8-21(36)15-20)16-38-32(42)19-11-24(44-3)30-25(12-19)46-17(2)39-30/h5-13,15,43H,4,14,16H2,1-3H3,(H2,37,41)(H,38,42)/t33-/m1/s1. The fourth-order valence-corrected chi connectivity index (χ4v) is 5.47. The van der Waals surface area contributed by atoms with Gasteiger partial charge in [-0.1, -0.05) is 47.5 Å². The Kier molecular flexibility index (Phi) is 9.47. The number of primary amides is 1. The van der Waals surface area contributed by atoms with Crippen LogP contribution in [-0.2, 0) is 16.8 Å². The van der Waals surface area contributed by atoms with Gasteiger partial charge >= 0.3 is 0 Å². The van der Waals surface area contributed by atoms with Crippen molar-refractivity contribution in [2.75, 3.05) is 20.3 Å². The number of nitrogens with zero attached hydrogens (tertiary/aromatic N) is 2.